The number of nitrogens with zero attached hydrogens (tertiary/aromatic N) is 1. The van der Waals surface area contributed by atoms with Crippen molar-refractivity contribution < 1.29 is 9.53 Å². The topological polar surface area (TPSA) is 39.2 Å². The molecule has 60 valence electrons. The van der Waals surface area contributed by atoms with Crippen LogP contribution >= 0.6 is 22.9 Å². The zero-order chi connectivity index (χ0) is 8.27. The van der Waals surface area contributed by atoms with E-state index in [2.05, 4.69) is 9.72 Å². The summed E-state index contributed by atoms with van der Waals surface area (Å²) in [6, 6.07) is 0. The van der Waals surface area contributed by atoms with E-state index in [1.54, 1.807) is 5.51 Å². The van der Waals surface area contributed by atoms with Crippen molar-refractivity contribution in [3.63, 3.8) is 0 Å². The highest BCUT2D eigenvalue weighted by molar-refractivity contribution is 7.09. The van der Waals surface area contributed by atoms with Gasteiger partial charge in [-0.2, -0.15) is 0 Å². The molecular formula is C6H6ClNO2S. The Labute approximate surface area is 73.0 Å². The van der Waals surface area contributed by atoms with Gasteiger partial charge < -0.3 is 4.74 Å². The molecule has 0 aliphatic carbocycles. The average Bonchev–Trinajstić information content (AvgIpc) is 2.31. The second-order valence-corrected chi connectivity index (χ2v) is 3.14. The van der Waals surface area contributed by atoms with Crippen molar-refractivity contribution in [3.05, 3.63) is 16.1 Å². The molecule has 0 atom stereocenters. The predicted molar refractivity (Wildman–Crippen MR) is 42.9 cm³/mol. The summed E-state index contributed by atoms with van der Waals surface area (Å²) in [5.74, 6) is 0. The molecule has 0 aliphatic heterocycles. The first kappa shape index (κ1) is 8.49. The van der Waals surface area contributed by atoms with Crippen LogP contribution in [0.4, 0.5) is 4.79 Å². The number of aromatic nitrogens is 1. The second kappa shape index (κ2) is 3.69. The fraction of sp³-hybridized carbons (Fsp3) is 0.333. The van der Waals surface area contributed by atoms with Gasteiger partial charge in [-0.1, -0.05) is 0 Å². The molecule has 1 aromatic rings. The molecule has 1 heterocycles. The lowest BCUT2D eigenvalue weighted by molar-refractivity contribution is 0.168. The van der Waals surface area contributed by atoms with E-state index in [0.29, 0.717) is 0 Å². The Bertz CT molecular complexity index is 261. The number of ether oxygens (including phenoxy) is 1. The third-order valence-corrected chi connectivity index (χ3v) is 2.18. The molecule has 3 nitrogen and oxygen atoms in total. The van der Waals surface area contributed by atoms with Gasteiger partial charge in [-0.05, 0) is 6.92 Å². The molecule has 5 heteroatoms. The summed E-state index contributed by atoms with van der Waals surface area (Å²) in [7, 11) is 0. The maximum Gasteiger partial charge on any atom is 0.404 e. The molecule has 0 spiro atoms. The van der Waals surface area contributed by atoms with Gasteiger partial charge in [0.2, 0.25) is 0 Å². The molecule has 0 aromatic carbocycles. The lowest BCUT2D eigenvalue weighted by Crippen LogP contribution is -1.93. The molecule has 11 heavy (non-hydrogen) atoms. The van der Waals surface area contributed by atoms with Gasteiger partial charge in [-0.15, -0.1) is 11.3 Å². The standard InChI is InChI=1S/C6H6ClNO2S/c1-4-5(11-3-8-4)2-10-6(7)9/h3H,2H2,1H3. The Morgan fingerprint density at radius 3 is 3.09 bits per heavy atom. The Hall–Kier alpha value is -0.610. The van der Waals surface area contributed by atoms with E-state index in [1.807, 2.05) is 6.92 Å². The Kier molecular flexibility index (Phi) is 2.84. The van der Waals surface area contributed by atoms with Crippen molar-refractivity contribution in [3.8, 4) is 0 Å². The van der Waals surface area contributed by atoms with Gasteiger partial charge >= 0.3 is 5.43 Å². The van der Waals surface area contributed by atoms with Crippen LogP contribution in [0.25, 0.3) is 0 Å². The van der Waals surface area contributed by atoms with Crippen molar-refractivity contribution in [2.45, 2.75) is 13.5 Å². The summed E-state index contributed by atoms with van der Waals surface area (Å²) in [5.41, 5.74) is 1.80. The molecule has 0 amide bonds. The van der Waals surface area contributed by atoms with Gasteiger partial charge in [0.15, 0.2) is 0 Å². The van der Waals surface area contributed by atoms with Gasteiger partial charge in [-0.25, -0.2) is 9.78 Å². The third-order valence-electron chi connectivity index (χ3n) is 1.16. The number of aryl methyl sites for hydroxylation is 1. The molecule has 0 radical (unpaired) electrons. The number of halogens is 1. The van der Waals surface area contributed by atoms with Crippen molar-refractivity contribution in [2.24, 2.45) is 0 Å². The number of carbonyl (C=O) groups excluding carboxylic acids is 1. The summed E-state index contributed by atoms with van der Waals surface area (Å²) in [5, 5.41) is 0. The van der Waals surface area contributed by atoms with E-state index < -0.39 is 5.43 Å². The van der Waals surface area contributed by atoms with Crippen molar-refractivity contribution >= 4 is 28.4 Å². The summed E-state index contributed by atoms with van der Waals surface area (Å²) in [6.45, 7) is 2.08. The van der Waals surface area contributed by atoms with E-state index >= 15 is 0 Å². The van der Waals surface area contributed by atoms with E-state index in [1.165, 1.54) is 11.3 Å². The van der Waals surface area contributed by atoms with Gasteiger partial charge in [0, 0.05) is 11.6 Å². The Balaban J connectivity index is 2.51. The first-order valence-electron chi connectivity index (χ1n) is 2.91. The molecule has 0 bridgehead atoms. The van der Waals surface area contributed by atoms with Crippen LogP contribution in [-0.4, -0.2) is 10.4 Å². The summed E-state index contributed by atoms with van der Waals surface area (Å²) in [4.78, 5) is 15.1. The third kappa shape index (κ3) is 2.48. The van der Waals surface area contributed by atoms with Gasteiger partial charge in [0.1, 0.15) is 6.61 Å². The normalized spacial score (nSPS) is 9.64. The van der Waals surface area contributed by atoms with Crippen molar-refractivity contribution in [2.75, 3.05) is 0 Å². The highest BCUT2D eigenvalue weighted by atomic mass is 35.5. The van der Waals surface area contributed by atoms with Crippen LogP contribution in [-0.2, 0) is 11.3 Å². The molecule has 0 aliphatic rings. The van der Waals surface area contributed by atoms with Gasteiger partial charge in [0.05, 0.1) is 16.1 Å². The Morgan fingerprint density at radius 1 is 1.91 bits per heavy atom. The summed E-state index contributed by atoms with van der Waals surface area (Å²) in [6.07, 6.45) is 0. The zero-order valence-electron chi connectivity index (χ0n) is 5.83. The van der Waals surface area contributed by atoms with Crippen LogP contribution in [0.1, 0.15) is 10.6 Å². The van der Waals surface area contributed by atoms with Gasteiger partial charge in [-0.3, -0.25) is 0 Å². The molecular weight excluding hydrogens is 186 g/mol. The molecule has 0 N–H and O–H groups in total. The SMILES string of the molecule is Cc1ncsc1COC(=O)Cl. The average molecular weight is 192 g/mol. The van der Waals surface area contributed by atoms with Crippen LogP contribution in [0.3, 0.4) is 0 Å². The number of hydrogen-bond donors (Lipinski definition) is 0. The lowest BCUT2D eigenvalue weighted by Gasteiger charge is -1.96. The molecule has 0 unspecified atom stereocenters. The quantitative estimate of drug-likeness (QED) is 0.674. The minimum atomic E-state index is -0.780. The largest absolute Gasteiger partial charge is 0.448 e. The lowest BCUT2D eigenvalue weighted by atomic mass is 10.4. The van der Waals surface area contributed by atoms with E-state index in [-0.39, 0.29) is 6.61 Å². The first-order valence-corrected chi connectivity index (χ1v) is 4.17. The molecule has 0 saturated heterocycles. The molecule has 1 aromatic heterocycles. The predicted octanol–water partition coefficient (Wildman–Crippen LogP) is 2.33. The van der Waals surface area contributed by atoms with E-state index in [0.717, 1.165) is 10.6 Å². The van der Waals surface area contributed by atoms with Crippen LogP contribution in [0.2, 0.25) is 0 Å². The van der Waals surface area contributed by atoms with Crippen LogP contribution in [0, 0.1) is 6.92 Å². The van der Waals surface area contributed by atoms with Crippen LogP contribution in [0.5, 0.6) is 0 Å². The molecule has 0 fully saturated rings. The minimum Gasteiger partial charge on any atom is -0.448 e. The maximum atomic E-state index is 10.2. The Morgan fingerprint density at radius 2 is 2.64 bits per heavy atom. The van der Waals surface area contributed by atoms with Crippen molar-refractivity contribution in [1.29, 1.82) is 0 Å². The number of carbonyl (C=O) groups is 1. The van der Waals surface area contributed by atoms with Crippen LogP contribution in [0.15, 0.2) is 5.51 Å². The number of hydrogen-bond acceptors (Lipinski definition) is 4. The molecule has 0 saturated carbocycles. The van der Waals surface area contributed by atoms with E-state index in [4.69, 9.17) is 11.6 Å². The smallest absolute Gasteiger partial charge is 0.404 e. The zero-order valence-corrected chi connectivity index (χ0v) is 7.41. The monoisotopic (exact) mass is 191 g/mol. The van der Waals surface area contributed by atoms with Gasteiger partial charge in [0.25, 0.3) is 0 Å². The molecule has 1 rings (SSSR count). The fourth-order valence-electron chi connectivity index (χ4n) is 0.587. The summed E-state index contributed by atoms with van der Waals surface area (Å²) < 4.78 is 4.56. The van der Waals surface area contributed by atoms with Crippen molar-refractivity contribution in [1.82, 2.24) is 4.98 Å². The first-order chi connectivity index (χ1) is 5.20. The van der Waals surface area contributed by atoms with Crippen LogP contribution < -0.4 is 0 Å². The highest BCUT2D eigenvalue weighted by Gasteiger charge is 2.03. The highest BCUT2D eigenvalue weighted by Crippen LogP contribution is 2.13. The fourth-order valence-corrected chi connectivity index (χ4v) is 1.33. The minimum absolute atomic E-state index is 0.221. The second-order valence-electron chi connectivity index (χ2n) is 1.89. The number of thiazole rings is 1. The van der Waals surface area contributed by atoms with E-state index in [9.17, 15) is 4.79 Å². The number of rotatable bonds is 2. The maximum absolute atomic E-state index is 10.2. The summed E-state index contributed by atoms with van der Waals surface area (Å²) >= 11 is 6.41.